The first-order valence-electron chi connectivity index (χ1n) is 8.86. The Kier molecular flexibility index (Phi) is 5.79. The number of halogens is 1. The molecule has 26 heavy (non-hydrogen) atoms. The summed E-state index contributed by atoms with van der Waals surface area (Å²) in [7, 11) is 0. The standard InChI is InChI=1S/C20H24ClN3O2/c1-13(8-16-9-17(21)5-6-19(16)25)11-24-7-3-4-15(12-24)18-10-20(26)23-14(2)22-18/h5-6,8-10,15,25H,3-4,7,11-12H2,1-2H3,(H,22,23,26). The quantitative estimate of drug-likeness (QED) is 0.856. The van der Waals surface area contributed by atoms with Gasteiger partial charge in [0.1, 0.15) is 11.6 Å². The molecule has 1 aliphatic rings. The molecule has 0 aliphatic carbocycles. The molecule has 0 bridgehead atoms. The van der Waals surface area contributed by atoms with Crippen molar-refractivity contribution < 1.29 is 5.11 Å². The van der Waals surface area contributed by atoms with Crippen molar-refractivity contribution in [3.05, 3.63) is 62.3 Å². The van der Waals surface area contributed by atoms with E-state index >= 15 is 0 Å². The Morgan fingerprint density at radius 2 is 2.27 bits per heavy atom. The van der Waals surface area contributed by atoms with Gasteiger partial charge in [-0.3, -0.25) is 9.69 Å². The Bertz CT molecular complexity index is 876. The van der Waals surface area contributed by atoms with Crippen LogP contribution in [0.4, 0.5) is 0 Å². The number of rotatable bonds is 4. The minimum Gasteiger partial charge on any atom is -0.507 e. The molecule has 1 saturated heterocycles. The van der Waals surface area contributed by atoms with Crippen molar-refractivity contribution in [2.45, 2.75) is 32.6 Å². The van der Waals surface area contributed by atoms with Crippen LogP contribution in [0, 0.1) is 6.92 Å². The maximum Gasteiger partial charge on any atom is 0.251 e. The van der Waals surface area contributed by atoms with Crippen LogP contribution >= 0.6 is 11.6 Å². The monoisotopic (exact) mass is 373 g/mol. The molecule has 138 valence electrons. The third-order valence-electron chi connectivity index (χ3n) is 4.67. The number of aromatic hydroxyl groups is 1. The first-order valence-corrected chi connectivity index (χ1v) is 9.24. The molecule has 1 fully saturated rings. The number of phenolic OH excluding ortho intramolecular Hbond substituents is 1. The van der Waals surface area contributed by atoms with Crippen molar-refractivity contribution >= 4 is 17.7 Å². The van der Waals surface area contributed by atoms with E-state index in [4.69, 9.17) is 11.6 Å². The molecule has 5 nitrogen and oxygen atoms in total. The molecule has 2 N–H and O–H groups in total. The fraction of sp³-hybridized carbons (Fsp3) is 0.400. The van der Waals surface area contributed by atoms with Crippen molar-refractivity contribution in [2.75, 3.05) is 19.6 Å². The SMILES string of the molecule is CC(=Cc1cc(Cl)ccc1O)CN1CCCC(c2cc(=O)[nH]c(C)n2)C1. The lowest BCUT2D eigenvalue weighted by Crippen LogP contribution is -2.36. The molecule has 1 aromatic heterocycles. The van der Waals surface area contributed by atoms with Crippen LogP contribution in [0.2, 0.25) is 5.02 Å². The maximum absolute atomic E-state index is 11.7. The molecule has 1 aliphatic heterocycles. The zero-order valence-corrected chi connectivity index (χ0v) is 15.9. The predicted octanol–water partition coefficient (Wildman–Crippen LogP) is 3.72. The maximum atomic E-state index is 11.7. The normalized spacial score (nSPS) is 18.9. The second-order valence-electron chi connectivity index (χ2n) is 7.02. The van der Waals surface area contributed by atoms with E-state index in [2.05, 4.69) is 21.8 Å². The summed E-state index contributed by atoms with van der Waals surface area (Å²) < 4.78 is 0. The number of nitrogens with one attached hydrogen (secondary N) is 1. The first kappa shape index (κ1) is 18.7. The van der Waals surface area contributed by atoms with E-state index in [0.29, 0.717) is 10.8 Å². The van der Waals surface area contributed by atoms with Crippen molar-refractivity contribution in [3.8, 4) is 5.75 Å². The summed E-state index contributed by atoms with van der Waals surface area (Å²) >= 11 is 6.02. The molecule has 0 saturated carbocycles. The number of aryl methyl sites for hydroxylation is 1. The Morgan fingerprint density at radius 3 is 3.04 bits per heavy atom. The largest absolute Gasteiger partial charge is 0.507 e. The van der Waals surface area contributed by atoms with Crippen LogP contribution in [0.5, 0.6) is 5.75 Å². The van der Waals surface area contributed by atoms with Gasteiger partial charge >= 0.3 is 0 Å². The van der Waals surface area contributed by atoms with Gasteiger partial charge in [0.25, 0.3) is 5.56 Å². The van der Waals surface area contributed by atoms with Crippen LogP contribution in [0.15, 0.2) is 34.6 Å². The predicted molar refractivity (Wildman–Crippen MR) is 105 cm³/mol. The summed E-state index contributed by atoms with van der Waals surface area (Å²) in [5.41, 5.74) is 2.68. The van der Waals surface area contributed by atoms with Crippen molar-refractivity contribution in [2.24, 2.45) is 0 Å². The van der Waals surface area contributed by atoms with E-state index in [1.165, 1.54) is 0 Å². The molecule has 3 rings (SSSR count). The van der Waals surface area contributed by atoms with E-state index in [1.54, 1.807) is 24.3 Å². The van der Waals surface area contributed by atoms with Crippen molar-refractivity contribution in [3.63, 3.8) is 0 Å². The molecular weight excluding hydrogens is 350 g/mol. The second-order valence-corrected chi connectivity index (χ2v) is 7.46. The topological polar surface area (TPSA) is 69.2 Å². The lowest BCUT2D eigenvalue weighted by atomic mass is 9.94. The molecule has 1 unspecified atom stereocenters. The number of aromatic amines is 1. The third kappa shape index (κ3) is 4.74. The summed E-state index contributed by atoms with van der Waals surface area (Å²) in [5.74, 6) is 1.17. The molecule has 2 aromatic rings. The van der Waals surface area contributed by atoms with E-state index in [9.17, 15) is 9.90 Å². The number of H-pyrrole nitrogens is 1. The average Bonchev–Trinajstić information content (AvgIpc) is 2.57. The van der Waals surface area contributed by atoms with Gasteiger partial charge in [0, 0.05) is 35.7 Å². The van der Waals surface area contributed by atoms with Crippen LogP contribution in [-0.2, 0) is 0 Å². The van der Waals surface area contributed by atoms with Gasteiger partial charge in [-0.15, -0.1) is 0 Å². The minimum atomic E-state index is -0.0860. The lowest BCUT2D eigenvalue weighted by molar-refractivity contribution is 0.222. The lowest BCUT2D eigenvalue weighted by Gasteiger charge is -2.32. The summed E-state index contributed by atoms with van der Waals surface area (Å²) in [6.45, 7) is 6.58. The van der Waals surface area contributed by atoms with Gasteiger partial charge in [0.05, 0.1) is 5.69 Å². The average molecular weight is 374 g/mol. The molecular formula is C20H24ClN3O2. The Morgan fingerprint density at radius 1 is 1.46 bits per heavy atom. The van der Waals surface area contributed by atoms with Gasteiger partial charge in [-0.25, -0.2) is 4.98 Å². The van der Waals surface area contributed by atoms with Gasteiger partial charge in [-0.05, 0) is 51.4 Å². The number of piperidine rings is 1. The fourth-order valence-electron chi connectivity index (χ4n) is 3.56. The first-order chi connectivity index (χ1) is 12.4. The molecule has 0 amide bonds. The Balaban J connectivity index is 1.70. The number of hydrogen-bond donors (Lipinski definition) is 2. The molecule has 2 heterocycles. The molecule has 1 atom stereocenters. The number of hydrogen-bond acceptors (Lipinski definition) is 4. The minimum absolute atomic E-state index is 0.0860. The van der Waals surface area contributed by atoms with Crippen LogP contribution in [0.1, 0.15) is 42.8 Å². The second kappa shape index (κ2) is 8.06. The van der Waals surface area contributed by atoms with E-state index < -0.39 is 0 Å². The molecule has 6 heteroatoms. The van der Waals surface area contributed by atoms with Gasteiger partial charge in [-0.2, -0.15) is 0 Å². The smallest absolute Gasteiger partial charge is 0.251 e. The van der Waals surface area contributed by atoms with Gasteiger partial charge in [0.2, 0.25) is 0 Å². The highest BCUT2D eigenvalue weighted by atomic mass is 35.5. The number of aromatic nitrogens is 2. The number of benzene rings is 1. The van der Waals surface area contributed by atoms with Gasteiger partial charge in [0.15, 0.2) is 0 Å². The number of nitrogens with zero attached hydrogens (tertiary/aromatic N) is 2. The summed E-state index contributed by atoms with van der Waals surface area (Å²) in [6.07, 6.45) is 4.10. The fourth-order valence-corrected chi connectivity index (χ4v) is 3.74. The van der Waals surface area contributed by atoms with E-state index in [0.717, 1.165) is 49.3 Å². The Labute approximate surface area is 158 Å². The Hall–Kier alpha value is -2.11. The van der Waals surface area contributed by atoms with Crippen LogP contribution < -0.4 is 5.56 Å². The highest BCUT2D eigenvalue weighted by Crippen LogP contribution is 2.27. The highest BCUT2D eigenvalue weighted by molar-refractivity contribution is 6.30. The number of phenols is 1. The zero-order chi connectivity index (χ0) is 18.7. The van der Waals surface area contributed by atoms with Crippen LogP contribution in [-0.4, -0.2) is 39.6 Å². The molecule has 0 spiro atoms. The van der Waals surface area contributed by atoms with Crippen LogP contribution in [0.25, 0.3) is 6.08 Å². The number of likely N-dealkylation sites (tertiary alicyclic amines) is 1. The van der Waals surface area contributed by atoms with Crippen molar-refractivity contribution in [1.29, 1.82) is 0 Å². The van der Waals surface area contributed by atoms with Crippen LogP contribution in [0.3, 0.4) is 0 Å². The highest BCUT2D eigenvalue weighted by Gasteiger charge is 2.23. The summed E-state index contributed by atoms with van der Waals surface area (Å²) in [5, 5.41) is 10.6. The summed E-state index contributed by atoms with van der Waals surface area (Å²) in [6, 6.07) is 6.67. The zero-order valence-electron chi connectivity index (χ0n) is 15.1. The summed E-state index contributed by atoms with van der Waals surface area (Å²) in [4.78, 5) is 21.3. The van der Waals surface area contributed by atoms with Gasteiger partial charge in [-0.1, -0.05) is 23.3 Å². The van der Waals surface area contributed by atoms with Crippen molar-refractivity contribution in [1.82, 2.24) is 14.9 Å². The van der Waals surface area contributed by atoms with E-state index in [-0.39, 0.29) is 17.2 Å². The molecule has 0 radical (unpaired) electrons. The van der Waals surface area contributed by atoms with E-state index in [1.807, 2.05) is 13.0 Å². The van der Waals surface area contributed by atoms with Gasteiger partial charge < -0.3 is 10.1 Å². The molecule has 1 aromatic carbocycles. The third-order valence-corrected chi connectivity index (χ3v) is 4.90.